The minimum atomic E-state index is -0.409. The predicted molar refractivity (Wildman–Crippen MR) is 142 cm³/mol. The van der Waals surface area contributed by atoms with E-state index < -0.39 is 5.82 Å². The van der Waals surface area contributed by atoms with Crippen LogP contribution in [0.15, 0.2) is 48.9 Å². The van der Waals surface area contributed by atoms with Gasteiger partial charge in [-0.2, -0.15) is 10.2 Å². The number of halogens is 1. The third-order valence-electron chi connectivity index (χ3n) is 5.71. The number of rotatable bonds is 7. The largest absolute Gasteiger partial charge is 0.355 e. The molecule has 3 N–H and O–H groups in total. The lowest BCUT2D eigenvalue weighted by Crippen LogP contribution is -2.10. The van der Waals surface area contributed by atoms with Crippen molar-refractivity contribution < 1.29 is 9.18 Å². The molecule has 0 atom stereocenters. The lowest BCUT2D eigenvalue weighted by Gasteiger charge is -2.12. The van der Waals surface area contributed by atoms with Crippen molar-refractivity contribution in [1.29, 1.82) is 0 Å². The van der Waals surface area contributed by atoms with Crippen LogP contribution in [0, 0.1) is 19.7 Å². The Morgan fingerprint density at radius 2 is 1.89 bits per heavy atom. The van der Waals surface area contributed by atoms with E-state index in [4.69, 9.17) is 4.98 Å². The fourth-order valence-corrected chi connectivity index (χ4v) is 4.04. The Balaban J connectivity index is 0.000000195. The van der Waals surface area contributed by atoms with E-state index in [1.165, 1.54) is 47.8 Å². The fraction of sp³-hybridized carbons (Fsp3) is 0.370. The number of hydrogen-bond donors (Lipinski definition) is 3. The molecule has 9 nitrogen and oxygen atoms in total. The Labute approximate surface area is 216 Å². The number of aryl methyl sites for hydroxylation is 2. The van der Waals surface area contributed by atoms with E-state index in [9.17, 15) is 9.18 Å². The summed E-state index contributed by atoms with van der Waals surface area (Å²) in [4.78, 5) is 18.9. The van der Waals surface area contributed by atoms with Crippen LogP contribution in [0.1, 0.15) is 68.0 Å². The van der Waals surface area contributed by atoms with E-state index in [0.29, 0.717) is 24.7 Å². The molecule has 0 bridgehead atoms. The lowest BCUT2D eigenvalue weighted by molar-refractivity contribution is -0.109. The van der Waals surface area contributed by atoms with Crippen molar-refractivity contribution in [2.45, 2.75) is 65.8 Å². The Kier molecular flexibility index (Phi) is 10.3. The highest BCUT2D eigenvalue weighted by atomic mass is 19.1. The molecule has 0 aliphatic heterocycles. The molecule has 4 heterocycles. The van der Waals surface area contributed by atoms with E-state index >= 15 is 0 Å². The smallest absolute Gasteiger partial charge is 0.207 e. The summed E-state index contributed by atoms with van der Waals surface area (Å²) in [5.41, 5.74) is 4.40. The summed E-state index contributed by atoms with van der Waals surface area (Å²) in [5.74, 6) is 2.48. The van der Waals surface area contributed by atoms with Crippen molar-refractivity contribution >= 4 is 18.0 Å². The third kappa shape index (κ3) is 8.23. The van der Waals surface area contributed by atoms with Gasteiger partial charge in [0, 0.05) is 36.1 Å². The maximum absolute atomic E-state index is 12.7. The van der Waals surface area contributed by atoms with Crippen molar-refractivity contribution in [2.75, 3.05) is 5.32 Å². The number of anilines is 2. The van der Waals surface area contributed by atoms with Gasteiger partial charge in [0.25, 0.3) is 0 Å². The van der Waals surface area contributed by atoms with Gasteiger partial charge in [0.2, 0.25) is 6.41 Å². The van der Waals surface area contributed by atoms with Crippen LogP contribution in [0.4, 0.5) is 16.0 Å². The first kappa shape index (κ1) is 27.5. The molecule has 4 aromatic rings. The fourth-order valence-electron chi connectivity index (χ4n) is 4.04. The number of aromatic nitrogens is 6. The molecule has 1 aliphatic rings. The van der Waals surface area contributed by atoms with Crippen molar-refractivity contribution in [3.05, 3.63) is 77.3 Å². The number of nitrogens with one attached hydrogen (secondary N) is 3. The summed E-state index contributed by atoms with van der Waals surface area (Å²) < 4.78 is 14.0. The monoisotopic (exact) mass is 506 g/mol. The van der Waals surface area contributed by atoms with Gasteiger partial charge in [-0.3, -0.25) is 9.89 Å². The van der Waals surface area contributed by atoms with Crippen LogP contribution in [0.25, 0.3) is 5.82 Å². The average molecular weight is 507 g/mol. The van der Waals surface area contributed by atoms with Crippen molar-refractivity contribution in [3.63, 3.8) is 0 Å². The van der Waals surface area contributed by atoms with E-state index in [2.05, 4.69) is 50.0 Å². The van der Waals surface area contributed by atoms with Crippen LogP contribution in [-0.2, 0) is 11.3 Å². The van der Waals surface area contributed by atoms with Crippen LogP contribution < -0.4 is 10.6 Å². The van der Waals surface area contributed by atoms with Gasteiger partial charge >= 0.3 is 0 Å². The van der Waals surface area contributed by atoms with Crippen LogP contribution >= 0.6 is 0 Å². The van der Waals surface area contributed by atoms with Gasteiger partial charge in [-0.1, -0.05) is 32.8 Å². The molecule has 4 aromatic heterocycles. The summed E-state index contributed by atoms with van der Waals surface area (Å²) >= 11 is 0. The minimum Gasteiger partial charge on any atom is -0.355 e. The van der Waals surface area contributed by atoms with Crippen molar-refractivity contribution in [1.82, 2.24) is 35.3 Å². The van der Waals surface area contributed by atoms with Gasteiger partial charge in [-0.25, -0.2) is 19.0 Å². The van der Waals surface area contributed by atoms with Gasteiger partial charge in [0.15, 0.2) is 17.5 Å². The molecular formula is C27H35FN8O. The molecule has 1 amide bonds. The zero-order valence-electron chi connectivity index (χ0n) is 21.8. The molecule has 5 rings (SSSR count). The number of pyridine rings is 2. The Bertz CT molecular complexity index is 1250. The first-order valence-electron chi connectivity index (χ1n) is 12.6. The van der Waals surface area contributed by atoms with Gasteiger partial charge < -0.3 is 10.6 Å². The second-order valence-corrected chi connectivity index (χ2v) is 8.62. The van der Waals surface area contributed by atoms with Crippen molar-refractivity contribution in [2.24, 2.45) is 0 Å². The molecule has 0 spiro atoms. The SMILES string of the molecule is CC.Cc1cc(Nc2cc(C)[nH]n2)nc(C2CCCC2)c1.O=CNCc1ccc(-n2cc(F)cn2)nc1. The Morgan fingerprint density at radius 3 is 2.49 bits per heavy atom. The summed E-state index contributed by atoms with van der Waals surface area (Å²) in [7, 11) is 0. The quantitative estimate of drug-likeness (QED) is 0.285. The molecule has 1 fully saturated rings. The number of hydrogen-bond acceptors (Lipinski definition) is 6. The van der Waals surface area contributed by atoms with E-state index in [1.54, 1.807) is 18.3 Å². The first-order valence-corrected chi connectivity index (χ1v) is 12.6. The molecule has 1 saturated carbocycles. The van der Waals surface area contributed by atoms with Crippen LogP contribution in [0.2, 0.25) is 0 Å². The molecule has 0 unspecified atom stereocenters. The highest BCUT2D eigenvalue weighted by Crippen LogP contribution is 2.34. The summed E-state index contributed by atoms with van der Waals surface area (Å²) in [6, 6.07) is 9.77. The molecule has 0 aromatic carbocycles. The van der Waals surface area contributed by atoms with Gasteiger partial charge in [0.05, 0.1) is 12.4 Å². The zero-order chi connectivity index (χ0) is 26.6. The maximum atomic E-state index is 12.7. The highest BCUT2D eigenvalue weighted by molar-refractivity contribution is 5.53. The minimum absolute atomic E-state index is 0.409. The number of nitrogens with zero attached hydrogens (tertiary/aromatic N) is 5. The third-order valence-corrected chi connectivity index (χ3v) is 5.71. The number of carbonyl (C=O) groups is 1. The second-order valence-electron chi connectivity index (χ2n) is 8.62. The van der Waals surface area contributed by atoms with Gasteiger partial charge in [-0.05, 0) is 56.0 Å². The zero-order valence-corrected chi connectivity index (χ0v) is 21.8. The van der Waals surface area contributed by atoms with Crippen LogP contribution in [0.3, 0.4) is 0 Å². The molecule has 10 heteroatoms. The predicted octanol–water partition coefficient (Wildman–Crippen LogP) is 5.50. The topological polar surface area (TPSA) is 113 Å². The normalized spacial score (nSPS) is 12.7. The van der Waals surface area contributed by atoms with E-state index in [-0.39, 0.29) is 0 Å². The number of carbonyl (C=O) groups excluding carboxylic acids is 1. The Morgan fingerprint density at radius 1 is 1.11 bits per heavy atom. The molecule has 1 aliphatic carbocycles. The van der Waals surface area contributed by atoms with Crippen LogP contribution in [-0.4, -0.2) is 36.4 Å². The average Bonchev–Trinajstić information content (AvgIpc) is 3.68. The lowest BCUT2D eigenvalue weighted by atomic mass is 10.0. The summed E-state index contributed by atoms with van der Waals surface area (Å²) in [6.45, 7) is 8.54. The Hall–Kier alpha value is -4.08. The second kappa shape index (κ2) is 13.9. The number of H-pyrrole nitrogens is 1. The van der Waals surface area contributed by atoms with Crippen molar-refractivity contribution in [3.8, 4) is 5.82 Å². The maximum Gasteiger partial charge on any atom is 0.207 e. The highest BCUT2D eigenvalue weighted by Gasteiger charge is 2.19. The standard InChI is InChI=1S/C15H20N4.C10H9FN4O.C2H6/c1-10-7-13(12-5-3-4-6-12)16-14(8-10)17-15-9-11(2)18-19-15;11-9-5-14-15(6-9)10-2-1-8(4-13-10)3-12-7-16;1-2/h7-9,12H,3-6H2,1-2H3,(H2,16,17,18,19);1-2,4-7H,3H2,(H,12,16);1-2H3. The van der Waals surface area contributed by atoms with Crippen LogP contribution in [0.5, 0.6) is 0 Å². The number of aromatic amines is 1. The molecular weight excluding hydrogens is 471 g/mol. The molecule has 196 valence electrons. The number of amides is 1. The first-order chi connectivity index (χ1) is 18.0. The summed E-state index contributed by atoms with van der Waals surface area (Å²) in [5, 5.41) is 16.7. The summed E-state index contributed by atoms with van der Waals surface area (Å²) in [6.07, 6.45) is 9.80. The molecule has 0 radical (unpaired) electrons. The van der Waals surface area contributed by atoms with E-state index in [0.717, 1.165) is 29.1 Å². The molecule has 0 saturated heterocycles. The van der Waals surface area contributed by atoms with Gasteiger partial charge in [-0.15, -0.1) is 0 Å². The van der Waals surface area contributed by atoms with Gasteiger partial charge in [0.1, 0.15) is 5.82 Å². The molecule has 37 heavy (non-hydrogen) atoms. The van der Waals surface area contributed by atoms with E-state index in [1.807, 2.05) is 26.8 Å².